The molecular weight excluding hydrogens is 306 g/mol. The lowest BCUT2D eigenvalue weighted by Gasteiger charge is -2.29. The third kappa shape index (κ3) is 3.55. The predicted molar refractivity (Wildman–Crippen MR) is 104 cm³/mol. The average Bonchev–Trinajstić information content (AvgIpc) is 2.65. The minimum Gasteiger partial charge on any atom is -0.367 e. The van der Waals surface area contributed by atoms with E-state index in [0.717, 1.165) is 31.5 Å². The van der Waals surface area contributed by atoms with Gasteiger partial charge in [0.05, 0.1) is 5.69 Å². The second-order valence-electron chi connectivity index (χ2n) is 6.62. The largest absolute Gasteiger partial charge is 0.367 e. The van der Waals surface area contributed by atoms with Gasteiger partial charge >= 0.3 is 0 Å². The number of anilines is 1. The molecule has 0 spiro atoms. The Morgan fingerprint density at radius 2 is 1.64 bits per heavy atom. The lowest BCUT2D eigenvalue weighted by molar-refractivity contribution is 0.490. The molecule has 25 heavy (non-hydrogen) atoms. The van der Waals surface area contributed by atoms with E-state index in [4.69, 9.17) is 4.98 Å². The maximum atomic E-state index is 4.81. The van der Waals surface area contributed by atoms with Crippen molar-refractivity contribution < 1.29 is 0 Å². The standard InChI is InChI=1S/C22H23N3/c1-2-4-12-20(25-21-13-7-8-15-23-21)19(11-3-1)22-18-10-6-5-9-17(18)14-16-24-22/h1-2,5-10,13-16,19-20H,3-4,11-12H2,(H,23,25)/b2-1-/t19-,20-/m1/s1. The zero-order valence-corrected chi connectivity index (χ0v) is 14.3. The molecule has 3 heteroatoms. The Morgan fingerprint density at radius 1 is 0.800 bits per heavy atom. The quantitative estimate of drug-likeness (QED) is 0.660. The highest BCUT2D eigenvalue weighted by molar-refractivity contribution is 5.84. The van der Waals surface area contributed by atoms with Crippen molar-refractivity contribution in [2.45, 2.75) is 37.6 Å². The Balaban J connectivity index is 1.73. The van der Waals surface area contributed by atoms with Crippen molar-refractivity contribution >= 4 is 16.6 Å². The summed E-state index contributed by atoms with van der Waals surface area (Å²) in [6, 6.07) is 17.0. The SMILES string of the molecule is C1=C\CC[C@@H](c2nccc3ccccc23)[C@H](Nc2ccccn2)CC/1. The van der Waals surface area contributed by atoms with E-state index >= 15 is 0 Å². The number of allylic oxidation sites excluding steroid dienone is 2. The van der Waals surface area contributed by atoms with Gasteiger partial charge in [0.1, 0.15) is 5.82 Å². The second-order valence-corrected chi connectivity index (χ2v) is 6.62. The van der Waals surface area contributed by atoms with E-state index in [1.54, 1.807) is 0 Å². The lowest BCUT2D eigenvalue weighted by atomic mass is 9.84. The molecule has 0 aliphatic heterocycles. The van der Waals surface area contributed by atoms with Crippen molar-refractivity contribution in [2.75, 3.05) is 5.32 Å². The minimum absolute atomic E-state index is 0.332. The summed E-state index contributed by atoms with van der Waals surface area (Å²) in [4.78, 5) is 9.28. The topological polar surface area (TPSA) is 37.8 Å². The van der Waals surface area contributed by atoms with E-state index in [1.807, 2.05) is 30.6 Å². The van der Waals surface area contributed by atoms with Crippen molar-refractivity contribution in [1.29, 1.82) is 0 Å². The smallest absolute Gasteiger partial charge is 0.126 e. The Labute approximate surface area is 148 Å². The van der Waals surface area contributed by atoms with E-state index < -0.39 is 0 Å². The highest BCUT2D eigenvalue weighted by atomic mass is 15.0. The number of benzene rings is 1. The number of pyridine rings is 2. The van der Waals surface area contributed by atoms with Crippen LogP contribution in [0.3, 0.4) is 0 Å². The number of fused-ring (bicyclic) bond motifs is 1. The Hall–Kier alpha value is -2.68. The normalized spacial score (nSPS) is 22.1. The number of nitrogens with one attached hydrogen (secondary N) is 1. The second kappa shape index (κ2) is 7.47. The van der Waals surface area contributed by atoms with E-state index in [9.17, 15) is 0 Å². The van der Waals surface area contributed by atoms with Crippen LogP contribution >= 0.6 is 0 Å². The van der Waals surface area contributed by atoms with Gasteiger partial charge in [-0.2, -0.15) is 0 Å². The Morgan fingerprint density at radius 3 is 2.52 bits per heavy atom. The molecule has 0 unspecified atom stereocenters. The van der Waals surface area contributed by atoms with Gasteiger partial charge in [0, 0.05) is 29.7 Å². The summed E-state index contributed by atoms with van der Waals surface area (Å²) in [6.45, 7) is 0. The fourth-order valence-electron chi connectivity index (χ4n) is 3.77. The number of hydrogen-bond donors (Lipinski definition) is 1. The molecule has 1 N–H and O–H groups in total. The van der Waals surface area contributed by atoms with Gasteiger partial charge in [0.15, 0.2) is 0 Å². The van der Waals surface area contributed by atoms with Gasteiger partial charge in [-0.15, -0.1) is 0 Å². The zero-order valence-electron chi connectivity index (χ0n) is 14.3. The fraction of sp³-hybridized carbons (Fsp3) is 0.273. The van der Waals surface area contributed by atoms with Crippen LogP contribution < -0.4 is 5.32 Å². The summed E-state index contributed by atoms with van der Waals surface area (Å²) in [5.74, 6) is 1.32. The van der Waals surface area contributed by atoms with Gasteiger partial charge < -0.3 is 5.32 Å². The van der Waals surface area contributed by atoms with Gasteiger partial charge in [-0.25, -0.2) is 4.98 Å². The van der Waals surface area contributed by atoms with Crippen LogP contribution in [-0.4, -0.2) is 16.0 Å². The molecule has 0 fully saturated rings. The molecule has 0 saturated heterocycles. The Kier molecular flexibility index (Phi) is 4.73. The maximum absolute atomic E-state index is 4.81. The number of hydrogen-bond acceptors (Lipinski definition) is 3. The number of nitrogens with zero attached hydrogens (tertiary/aromatic N) is 2. The number of aromatic nitrogens is 2. The highest BCUT2D eigenvalue weighted by Crippen LogP contribution is 2.34. The molecule has 3 aromatic rings. The van der Waals surface area contributed by atoms with E-state index in [1.165, 1.54) is 16.5 Å². The van der Waals surface area contributed by atoms with Crippen LogP contribution in [-0.2, 0) is 0 Å². The molecule has 1 aliphatic rings. The first-order chi connectivity index (χ1) is 12.4. The summed E-state index contributed by atoms with van der Waals surface area (Å²) in [5, 5.41) is 6.21. The van der Waals surface area contributed by atoms with Gasteiger partial charge in [0.25, 0.3) is 0 Å². The summed E-state index contributed by atoms with van der Waals surface area (Å²) in [5.41, 5.74) is 1.21. The molecule has 4 rings (SSSR count). The third-order valence-electron chi connectivity index (χ3n) is 4.99. The molecule has 0 amide bonds. The molecule has 2 aromatic heterocycles. The predicted octanol–water partition coefficient (Wildman–Crippen LogP) is 5.32. The van der Waals surface area contributed by atoms with Crippen LogP contribution in [0.2, 0.25) is 0 Å². The van der Waals surface area contributed by atoms with Gasteiger partial charge in [-0.3, -0.25) is 4.98 Å². The van der Waals surface area contributed by atoms with Crippen molar-refractivity contribution in [2.24, 2.45) is 0 Å². The first-order valence-electron chi connectivity index (χ1n) is 9.08. The molecular formula is C22H23N3. The average molecular weight is 329 g/mol. The summed E-state index contributed by atoms with van der Waals surface area (Å²) < 4.78 is 0. The maximum Gasteiger partial charge on any atom is 0.126 e. The summed E-state index contributed by atoms with van der Waals surface area (Å²) in [6.07, 6.45) is 12.8. The van der Waals surface area contributed by atoms with Crippen LogP contribution in [0.25, 0.3) is 10.8 Å². The molecule has 1 aliphatic carbocycles. The molecule has 2 atom stereocenters. The summed E-state index contributed by atoms with van der Waals surface area (Å²) >= 11 is 0. The van der Waals surface area contributed by atoms with E-state index in [-0.39, 0.29) is 0 Å². The molecule has 3 nitrogen and oxygen atoms in total. The van der Waals surface area contributed by atoms with Gasteiger partial charge in [-0.1, -0.05) is 42.5 Å². The monoisotopic (exact) mass is 329 g/mol. The van der Waals surface area contributed by atoms with Crippen LogP contribution in [0.4, 0.5) is 5.82 Å². The first kappa shape index (κ1) is 15.8. The van der Waals surface area contributed by atoms with E-state index in [2.05, 4.69) is 52.8 Å². The molecule has 0 radical (unpaired) electrons. The first-order valence-corrected chi connectivity index (χ1v) is 9.08. The van der Waals surface area contributed by atoms with Crippen molar-refractivity contribution in [1.82, 2.24) is 9.97 Å². The lowest BCUT2D eigenvalue weighted by Crippen LogP contribution is -2.29. The van der Waals surface area contributed by atoms with Crippen molar-refractivity contribution in [3.8, 4) is 0 Å². The minimum atomic E-state index is 0.332. The highest BCUT2D eigenvalue weighted by Gasteiger charge is 2.26. The molecule has 1 aromatic carbocycles. The third-order valence-corrected chi connectivity index (χ3v) is 4.99. The van der Waals surface area contributed by atoms with E-state index in [0.29, 0.717) is 12.0 Å². The van der Waals surface area contributed by atoms with Gasteiger partial charge in [0.2, 0.25) is 0 Å². The zero-order chi connectivity index (χ0) is 16.9. The Bertz CT molecular complexity index is 852. The van der Waals surface area contributed by atoms with Crippen LogP contribution in [0.5, 0.6) is 0 Å². The molecule has 2 heterocycles. The van der Waals surface area contributed by atoms with Crippen molar-refractivity contribution in [3.05, 3.63) is 78.8 Å². The number of rotatable bonds is 3. The fourth-order valence-corrected chi connectivity index (χ4v) is 3.77. The van der Waals surface area contributed by atoms with Crippen LogP contribution in [0, 0.1) is 0 Å². The van der Waals surface area contributed by atoms with Gasteiger partial charge in [-0.05, 0) is 49.3 Å². The van der Waals surface area contributed by atoms with Crippen LogP contribution in [0.1, 0.15) is 37.3 Å². The van der Waals surface area contributed by atoms with Crippen LogP contribution in [0.15, 0.2) is 73.1 Å². The molecule has 126 valence electrons. The summed E-state index contributed by atoms with van der Waals surface area (Å²) in [7, 11) is 0. The molecule has 0 saturated carbocycles. The molecule has 0 bridgehead atoms. The van der Waals surface area contributed by atoms with Crippen molar-refractivity contribution in [3.63, 3.8) is 0 Å².